The van der Waals surface area contributed by atoms with Crippen LogP contribution in [0.4, 0.5) is 9.59 Å². The summed E-state index contributed by atoms with van der Waals surface area (Å²) in [5, 5.41) is 2.46. The van der Waals surface area contributed by atoms with E-state index >= 15 is 0 Å². The molecule has 1 aromatic carbocycles. The quantitative estimate of drug-likeness (QED) is 0.429. The van der Waals surface area contributed by atoms with Gasteiger partial charge in [0.25, 0.3) is 0 Å². The summed E-state index contributed by atoms with van der Waals surface area (Å²) in [5.41, 5.74) is -0.882. The molecule has 3 aliphatic heterocycles. The van der Waals surface area contributed by atoms with Crippen LogP contribution in [0.2, 0.25) is 0 Å². The molecule has 4 rings (SSSR count). The van der Waals surface area contributed by atoms with E-state index in [-0.39, 0.29) is 26.1 Å². The molecular formula is C23H28N2O10. The molecule has 190 valence electrons. The van der Waals surface area contributed by atoms with Crippen molar-refractivity contribution in [3.63, 3.8) is 0 Å². The number of esters is 2. The Balaban J connectivity index is 1.50. The Labute approximate surface area is 201 Å². The van der Waals surface area contributed by atoms with Gasteiger partial charge >= 0.3 is 24.1 Å². The Morgan fingerprint density at radius 3 is 2.60 bits per heavy atom. The van der Waals surface area contributed by atoms with E-state index in [1.54, 1.807) is 31.3 Å². The van der Waals surface area contributed by atoms with Crippen molar-refractivity contribution in [3.05, 3.63) is 35.9 Å². The number of rotatable bonds is 7. The van der Waals surface area contributed by atoms with Crippen LogP contribution in [0.5, 0.6) is 0 Å². The van der Waals surface area contributed by atoms with Crippen molar-refractivity contribution in [2.24, 2.45) is 0 Å². The lowest BCUT2D eigenvalue weighted by Gasteiger charge is -2.35. The van der Waals surface area contributed by atoms with E-state index in [4.69, 9.17) is 28.4 Å². The lowest BCUT2D eigenvalue weighted by molar-refractivity contribution is -0.178. The molecule has 0 aromatic heterocycles. The average Bonchev–Trinajstić information content (AvgIpc) is 3.39. The summed E-state index contributed by atoms with van der Waals surface area (Å²) in [6.45, 7) is 0.133. The molecule has 2 amide bonds. The summed E-state index contributed by atoms with van der Waals surface area (Å²) in [7, 11) is 3.94. The maximum atomic E-state index is 12.9. The zero-order chi connectivity index (χ0) is 25.2. The van der Waals surface area contributed by atoms with Crippen LogP contribution in [0, 0.1) is 0 Å². The number of nitrogens with zero attached hydrogens (tertiary/aromatic N) is 1. The summed E-state index contributed by atoms with van der Waals surface area (Å²) < 4.78 is 32.4. The Hall–Kier alpha value is -3.38. The van der Waals surface area contributed by atoms with E-state index in [0.717, 1.165) is 12.7 Å². The number of likely N-dealkylation sites (N-methyl/N-ethyl adjacent to an activating group) is 1. The predicted octanol–water partition coefficient (Wildman–Crippen LogP) is 0.763. The molecule has 3 fully saturated rings. The Bertz CT molecular complexity index is 972. The van der Waals surface area contributed by atoms with E-state index in [9.17, 15) is 19.2 Å². The standard InChI is InChI=1S/C23H28N2O10/c1-25-17-16(34-22(25)29)12-32-15-10-23(20(27)31-3,35-18(15)17)9-14(19(26)30-2)24-21(28)33-11-13-7-5-4-6-8-13/h4-8,14-18H,9-12H2,1-3H3,(H,24,28)/t14-,15+,16+,17+,18-,23+/m0/s1. The van der Waals surface area contributed by atoms with Crippen molar-refractivity contribution in [3.8, 4) is 0 Å². The third kappa shape index (κ3) is 4.89. The van der Waals surface area contributed by atoms with Gasteiger partial charge in [0, 0.05) is 19.9 Å². The van der Waals surface area contributed by atoms with Gasteiger partial charge in [-0.3, -0.25) is 0 Å². The monoisotopic (exact) mass is 492 g/mol. The number of ether oxygens (including phenoxy) is 6. The van der Waals surface area contributed by atoms with Gasteiger partial charge in [0.15, 0.2) is 5.60 Å². The highest BCUT2D eigenvalue weighted by molar-refractivity contribution is 5.85. The molecule has 0 saturated carbocycles. The topological polar surface area (TPSA) is 139 Å². The molecule has 35 heavy (non-hydrogen) atoms. The minimum absolute atomic E-state index is 0.0133. The minimum atomic E-state index is -1.64. The Morgan fingerprint density at radius 2 is 1.91 bits per heavy atom. The van der Waals surface area contributed by atoms with E-state index in [2.05, 4.69) is 5.32 Å². The molecule has 3 aliphatic rings. The molecule has 0 aliphatic carbocycles. The van der Waals surface area contributed by atoms with Crippen LogP contribution in [-0.2, 0) is 44.6 Å². The Kier molecular flexibility index (Phi) is 7.13. The fraction of sp³-hybridized carbons (Fsp3) is 0.565. The maximum Gasteiger partial charge on any atom is 0.410 e. The van der Waals surface area contributed by atoms with Crippen LogP contribution in [-0.4, -0.2) is 92.9 Å². The molecule has 1 N–H and O–H groups in total. The number of carbonyl (C=O) groups is 4. The van der Waals surface area contributed by atoms with Crippen molar-refractivity contribution in [1.29, 1.82) is 0 Å². The van der Waals surface area contributed by atoms with E-state index in [1.807, 2.05) is 6.07 Å². The highest BCUT2D eigenvalue weighted by Gasteiger charge is 2.62. The maximum absolute atomic E-state index is 12.9. The number of hydrogen-bond acceptors (Lipinski definition) is 10. The molecule has 3 saturated heterocycles. The molecular weight excluding hydrogens is 464 g/mol. The summed E-state index contributed by atoms with van der Waals surface area (Å²) in [5.74, 6) is -1.54. The zero-order valence-electron chi connectivity index (χ0n) is 19.6. The minimum Gasteiger partial charge on any atom is -0.467 e. The van der Waals surface area contributed by atoms with Crippen LogP contribution >= 0.6 is 0 Å². The number of fused-ring (bicyclic) bond motifs is 3. The van der Waals surface area contributed by atoms with E-state index < -0.39 is 60.1 Å². The van der Waals surface area contributed by atoms with Crippen molar-refractivity contribution in [1.82, 2.24) is 10.2 Å². The first-order valence-corrected chi connectivity index (χ1v) is 11.1. The van der Waals surface area contributed by atoms with E-state index in [0.29, 0.717) is 0 Å². The van der Waals surface area contributed by atoms with Gasteiger partial charge in [-0.15, -0.1) is 0 Å². The third-order valence-corrected chi connectivity index (χ3v) is 6.52. The fourth-order valence-corrected chi connectivity index (χ4v) is 4.81. The second-order valence-corrected chi connectivity index (χ2v) is 8.65. The smallest absolute Gasteiger partial charge is 0.410 e. The van der Waals surface area contributed by atoms with Gasteiger partial charge in [0.2, 0.25) is 0 Å². The zero-order valence-corrected chi connectivity index (χ0v) is 19.6. The second-order valence-electron chi connectivity index (χ2n) is 8.65. The Morgan fingerprint density at radius 1 is 1.17 bits per heavy atom. The molecule has 12 heteroatoms. The van der Waals surface area contributed by atoms with Gasteiger partial charge in [-0.1, -0.05) is 30.3 Å². The number of methoxy groups -OCH3 is 2. The summed E-state index contributed by atoms with van der Waals surface area (Å²) in [4.78, 5) is 51.4. The number of amides is 2. The predicted molar refractivity (Wildman–Crippen MR) is 116 cm³/mol. The normalized spacial score (nSPS) is 29.9. The van der Waals surface area contributed by atoms with Crippen LogP contribution in [0.15, 0.2) is 30.3 Å². The molecule has 1 aromatic rings. The van der Waals surface area contributed by atoms with Gasteiger partial charge in [-0.25, -0.2) is 19.2 Å². The lowest BCUT2D eigenvalue weighted by Crippen LogP contribution is -2.55. The number of benzene rings is 1. The van der Waals surface area contributed by atoms with Crippen molar-refractivity contribution < 1.29 is 47.6 Å². The fourth-order valence-electron chi connectivity index (χ4n) is 4.81. The summed E-state index contributed by atoms with van der Waals surface area (Å²) in [6.07, 6.45) is -3.44. The van der Waals surface area contributed by atoms with Crippen LogP contribution < -0.4 is 5.32 Å². The van der Waals surface area contributed by atoms with Gasteiger partial charge < -0.3 is 38.6 Å². The van der Waals surface area contributed by atoms with Gasteiger partial charge in [-0.2, -0.15) is 0 Å². The first-order chi connectivity index (χ1) is 16.8. The van der Waals surface area contributed by atoms with Crippen molar-refractivity contribution in [2.75, 3.05) is 27.9 Å². The molecule has 0 radical (unpaired) electrons. The second kappa shape index (κ2) is 10.1. The van der Waals surface area contributed by atoms with E-state index in [1.165, 1.54) is 12.0 Å². The first kappa shape index (κ1) is 24.7. The highest BCUT2D eigenvalue weighted by Crippen LogP contribution is 2.44. The highest BCUT2D eigenvalue weighted by atomic mass is 16.6. The molecule has 12 nitrogen and oxygen atoms in total. The van der Waals surface area contributed by atoms with Crippen molar-refractivity contribution >= 4 is 24.1 Å². The van der Waals surface area contributed by atoms with Crippen LogP contribution in [0.25, 0.3) is 0 Å². The van der Waals surface area contributed by atoms with Gasteiger partial charge in [0.1, 0.15) is 30.9 Å². The summed E-state index contributed by atoms with van der Waals surface area (Å²) in [6, 6.07) is 7.25. The number of nitrogens with one attached hydrogen (secondary N) is 1. The number of carbonyl (C=O) groups excluding carboxylic acids is 4. The molecule has 3 heterocycles. The largest absolute Gasteiger partial charge is 0.467 e. The molecule has 0 spiro atoms. The molecule has 6 atom stereocenters. The summed E-state index contributed by atoms with van der Waals surface area (Å²) >= 11 is 0. The first-order valence-electron chi connectivity index (χ1n) is 11.1. The SMILES string of the molecule is COC(=O)[C@H](C[C@]1(C(=O)OC)C[C@H]2OC[C@H]3OC(=O)N(C)[C@H]3[C@H]2O1)NC(=O)OCc1ccccc1. The number of hydrogen-bond donors (Lipinski definition) is 1. The van der Waals surface area contributed by atoms with Gasteiger partial charge in [-0.05, 0) is 5.56 Å². The third-order valence-electron chi connectivity index (χ3n) is 6.52. The van der Waals surface area contributed by atoms with Gasteiger partial charge in [0.05, 0.1) is 26.9 Å². The molecule has 0 bridgehead atoms. The van der Waals surface area contributed by atoms with Crippen molar-refractivity contribution in [2.45, 2.75) is 55.4 Å². The van der Waals surface area contributed by atoms with Crippen LogP contribution in [0.3, 0.4) is 0 Å². The molecule has 0 unspecified atom stereocenters. The lowest BCUT2D eigenvalue weighted by atomic mass is 9.88. The average molecular weight is 492 g/mol. The number of alkyl carbamates (subject to hydrolysis) is 1. The van der Waals surface area contributed by atoms with Crippen LogP contribution in [0.1, 0.15) is 18.4 Å².